The molecule has 0 amide bonds. The second-order valence-electron chi connectivity index (χ2n) is 5.46. The molecule has 3 atom stereocenters. The molecule has 1 aromatic carbocycles. The molecule has 1 aromatic rings. The molecule has 2 rings (SSSR count). The minimum atomic E-state index is -0.0872. The van der Waals surface area contributed by atoms with Crippen molar-refractivity contribution in [2.75, 3.05) is 20.2 Å². The fourth-order valence-corrected chi connectivity index (χ4v) is 2.41. The molecule has 0 radical (unpaired) electrons. The first kappa shape index (κ1) is 16.1. The highest BCUT2D eigenvalue weighted by molar-refractivity contribution is 6.30. The van der Waals surface area contributed by atoms with Crippen LogP contribution in [0.1, 0.15) is 31.9 Å². The van der Waals surface area contributed by atoms with E-state index < -0.39 is 0 Å². The van der Waals surface area contributed by atoms with Crippen molar-refractivity contribution in [3.63, 3.8) is 0 Å². The summed E-state index contributed by atoms with van der Waals surface area (Å²) in [7, 11) is 1.70. The molecule has 2 N–H and O–H groups in total. The number of hydrogen-bond acceptors (Lipinski definition) is 2. The van der Waals surface area contributed by atoms with Crippen LogP contribution in [0, 0.1) is 5.92 Å². The first-order valence-corrected chi connectivity index (χ1v) is 7.85. The average Bonchev–Trinajstić information content (AvgIpc) is 3.15. The Balaban J connectivity index is 1.99. The van der Waals surface area contributed by atoms with E-state index >= 15 is 0 Å². The quantitative estimate of drug-likeness (QED) is 0.627. The van der Waals surface area contributed by atoms with Gasteiger partial charge in [0.15, 0.2) is 5.96 Å². The van der Waals surface area contributed by atoms with E-state index in [2.05, 4.69) is 29.5 Å². The monoisotopic (exact) mass is 309 g/mol. The van der Waals surface area contributed by atoms with Crippen molar-refractivity contribution >= 4 is 17.6 Å². The predicted octanol–water partition coefficient (Wildman–Crippen LogP) is 2.99. The molecule has 5 heteroatoms. The van der Waals surface area contributed by atoms with Crippen LogP contribution >= 0.6 is 11.6 Å². The lowest BCUT2D eigenvalue weighted by atomic mass is 10.1. The van der Waals surface area contributed by atoms with Gasteiger partial charge in [0.1, 0.15) is 6.10 Å². The number of nitrogens with zero attached hydrogens (tertiary/aromatic N) is 1. The first-order valence-electron chi connectivity index (χ1n) is 7.47. The van der Waals surface area contributed by atoms with Gasteiger partial charge in [-0.15, -0.1) is 0 Å². The summed E-state index contributed by atoms with van der Waals surface area (Å²) in [6, 6.07) is 8.28. The van der Waals surface area contributed by atoms with E-state index in [-0.39, 0.29) is 6.10 Å². The number of nitrogens with one attached hydrogen (secondary N) is 2. The minimum Gasteiger partial charge on any atom is -0.375 e. The van der Waals surface area contributed by atoms with Gasteiger partial charge in [-0.05, 0) is 37.0 Å². The van der Waals surface area contributed by atoms with Gasteiger partial charge in [-0.3, -0.25) is 4.99 Å². The maximum absolute atomic E-state index is 6.04. The van der Waals surface area contributed by atoms with E-state index in [0.29, 0.717) is 12.6 Å². The van der Waals surface area contributed by atoms with Gasteiger partial charge >= 0.3 is 0 Å². The molecule has 0 aromatic heterocycles. The molecule has 4 nitrogen and oxygen atoms in total. The summed E-state index contributed by atoms with van der Waals surface area (Å²) in [4.78, 5) is 4.63. The van der Waals surface area contributed by atoms with Crippen molar-refractivity contribution in [3.05, 3.63) is 34.9 Å². The first-order chi connectivity index (χ1) is 10.1. The van der Waals surface area contributed by atoms with E-state index in [1.165, 1.54) is 6.42 Å². The second-order valence-corrected chi connectivity index (χ2v) is 5.90. The van der Waals surface area contributed by atoms with Crippen LogP contribution in [0.25, 0.3) is 0 Å². The molecule has 0 spiro atoms. The molecule has 116 valence electrons. The molecule has 0 bridgehead atoms. The number of guanidine groups is 1. The molecule has 1 aliphatic carbocycles. The van der Waals surface area contributed by atoms with Gasteiger partial charge < -0.3 is 15.4 Å². The van der Waals surface area contributed by atoms with Crippen molar-refractivity contribution in [2.45, 2.75) is 32.4 Å². The number of aliphatic imine (C=N–C) groups is 1. The predicted molar refractivity (Wildman–Crippen MR) is 87.9 cm³/mol. The third kappa shape index (κ3) is 4.90. The second kappa shape index (κ2) is 7.66. The topological polar surface area (TPSA) is 45.7 Å². The van der Waals surface area contributed by atoms with Gasteiger partial charge in [0.2, 0.25) is 0 Å². The van der Waals surface area contributed by atoms with Crippen LogP contribution in [0.4, 0.5) is 0 Å². The molecular weight excluding hydrogens is 286 g/mol. The van der Waals surface area contributed by atoms with Gasteiger partial charge in [0.25, 0.3) is 0 Å². The zero-order chi connectivity index (χ0) is 15.2. The Morgan fingerprint density at radius 3 is 2.86 bits per heavy atom. The molecule has 1 fully saturated rings. The molecule has 21 heavy (non-hydrogen) atoms. The highest BCUT2D eigenvalue weighted by Crippen LogP contribution is 2.28. The number of hydrogen-bond donors (Lipinski definition) is 2. The number of halogens is 1. The van der Waals surface area contributed by atoms with E-state index in [1.54, 1.807) is 7.11 Å². The summed E-state index contributed by atoms with van der Waals surface area (Å²) in [6.07, 6.45) is 1.13. The summed E-state index contributed by atoms with van der Waals surface area (Å²) in [6.45, 7) is 5.72. The van der Waals surface area contributed by atoms with E-state index in [9.17, 15) is 0 Å². The summed E-state index contributed by atoms with van der Waals surface area (Å²) in [5.41, 5.74) is 1.05. The molecule has 0 heterocycles. The van der Waals surface area contributed by atoms with Crippen molar-refractivity contribution in [1.82, 2.24) is 10.6 Å². The van der Waals surface area contributed by atoms with Crippen LogP contribution in [0.2, 0.25) is 5.02 Å². The summed E-state index contributed by atoms with van der Waals surface area (Å²) >= 11 is 6.04. The molecular formula is C16H24ClN3O. The maximum Gasteiger partial charge on any atom is 0.191 e. The van der Waals surface area contributed by atoms with Crippen molar-refractivity contribution < 1.29 is 4.74 Å². The van der Waals surface area contributed by atoms with Gasteiger partial charge in [-0.1, -0.05) is 30.7 Å². The maximum atomic E-state index is 6.04. The molecule has 3 unspecified atom stereocenters. The van der Waals surface area contributed by atoms with Gasteiger partial charge in [-0.2, -0.15) is 0 Å². The summed E-state index contributed by atoms with van der Waals surface area (Å²) in [5.74, 6) is 1.59. The normalized spacial score (nSPS) is 22.8. The fraction of sp³-hybridized carbons (Fsp3) is 0.562. The van der Waals surface area contributed by atoms with Crippen molar-refractivity contribution in [2.24, 2.45) is 10.9 Å². The van der Waals surface area contributed by atoms with Crippen molar-refractivity contribution in [1.29, 1.82) is 0 Å². The zero-order valence-electron chi connectivity index (χ0n) is 12.9. The fourth-order valence-electron chi connectivity index (χ4n) is 2.22. The Hall–Kier alpha value is -1.26. The van der Waals surface area contributed by atoms with Crippen LogP contribution in [-0.2, 0) is 4.74 Å². The minimum absolute atomic E-state index is 0.0872. The van der Waals surface area contributed by atoms with Crippen molar-refractivity contribution in [3.8, 4) is 0 Å². The average molecular weight is 310 g/mol. The number of rotatable bonds is 6. The largest absolute Gasteiger partial charge is 0.375 e. The standard InChI is InChI=1S/C16H24ClN3O/c1-4-18-16(20-14-8-11(14)2)19-10-15(21-3)12-6-5-7-13(17)9-12/h5-7,9,11,14-15H,4,8,10H2,1-3H3,(H2,18,19,20). The number of benzene rings is 1. The van der Waals surface area contributed by atoms with E-state index in [1.807, 2.05) is 24.3 Å². The van der Waals surface area contributed by atoms with Gasteiger partial charge in [0.05, 0.1) is 6.54 Å². The van der Waals surface area contributed by atoms with Crippen LogP contribution in [-0.4, -0.2) is 32.2 Å². The third-order valence-corrected chi connectivity index (χ3v) is 3.93. The lowest BCUT2D eigenvalue weighted by molar-refractivity contribution is 0.111. The highest BCUT2D eigenvalue weighted by atomic mass is 35.5. The van der Waals surface area contributed by atoms with Crippen LogP contribution in [0.5, 0.6) is 0 Å². The number of methoxy groups -OCH3 is 1. The Morgan fingerprint density at radius 2 is 2.29 bits per heavy atom. The SMILES string of the molecule is CCNC(=NCC(OC)c1cccc(Cl)c1)NC1CC1C. The smallest absolute Gasteiger partial charge is 0.191 e. The Morgan fingerprint density at radius 1 is 1.52 bits per heavy atom. The summed E-state index contributed by atoms with van der Waals surface area (Å²) in [5, 5.41) is 7.43. The van der Waals surface area contributed by atoms with Gasteiger partial charge in [-0.25, -0.2) is 0 Å². The van der Waals surface area contributed by atoms with E-state index in [4.69, 9.17) is 16.3 Å². The number of ether oxygens (including phenoxy) is 1. The summed E-state index contributed by atoms with van der Waals surface area (Å²) < 4.78 is 5.54. The highest BCUT2D eigenvalue weighted by Gasteiger charge is 2.33. The molecule has 0 saturated heterocycles. The Kier molecular flexibility index (Phi) is 5.88. The van der Waals surface area contributed by atoms with E-state index in [0.717, 1.165) is 29.0 Å². The molecule has 0 aliphatic heterocycles. The third-order valence-electron chi connectivity index (χ3n) is 3.70. The van der Waals surface area contributed by atoms with Crippen LogP contribution in [0.15, 0.2) is 29.3 Å². The molecule has 1 aliphatic rings. The Labute approximate surface area is 131 Å². The Bertz CT molecular complexity index is 492. The van der Waals surface area contributed by atoms with Crippen LogP contribution < -0.4 is 10.6 Å². The lowest BCUT2D eigenvalue weighted by Gasteiger charge is -2.16. The lowest BCUT2D eigenvalue weighted by Crippen LogP contribution is -2.39. The van der Waals surface area contributed by atoms with Crippen LogP contribution in [0.3, 0.4) is 0 Å². The zero-order valence-corrected chi connectivity index (χ0v) is 13.7. The van der Waals surface area contributed by atoms with Gasteiger partial charge in [0, 0.05) is 24.7 Å². The molecule has 1 saturated carbocycles.